The lowest BCUT2D eigenvalue weighted by atomic mass is 9.71. The Kier molecular flexibility index (Phi) is 13.7. The first kappa shape index (κ1) is 30.2. The van der Waals surface area contributed by atoms with E-state index < -0.39 is 5.97 Å². The number of benzene rings is 2. The Morgan fingerprint density at radius 1 is 0.842 bits per heavy atom. The highest BCUT2D eigenvalue weighted by Gasteiger charge is 2.37. The number of aliphatic carboxylic acids is 1. The van der Waals surface area contributed by atoms with Crippen molar-refractivity contribution < 1.29 is 9.90 Å². The Morgan fingerprint density at radius 3 is 2.21 bits per heavy atom. The van der Waals surface area contributed by atoms with E-state index in [1.807, 2.05) is 0 Å². The first-order valence-corrected chi connectivity index (χ1v) is 15.6. The van der Waals surface area contributed by atoms with E-state index in [1.165, 1.54) is 81.8 Å². The van der Waals surface area contributed by atoms with Gasteiger partial charge in [-0.05, 0) is 86.2 Å². The van der Waals surface area contributed by atoms with Gasteiger partial charge in [-0.3, -0.25) is 4.79 Å². The molecule has 2 aromatic carbocycles. The molecule has 2 heteroatoms. The molecule has 1 saturated carbocycles. The van der Waals surface area contributed by atoms with Gasteiger partial charge in [-0.15, -0.1) is 0 Å². The van der Waals surface area contributed by atoms with E-state index in [1.54, 1.807) is 0 Å². The molecule has 1 fully saturated rings. The quantitative estimate of drug-likeness (QED) is 0.149. The Hall–Kier alpha value is -2.35. The average molecular weight is 517 g/mol. The number of carboxylic acid groups (broad SMARTS) is 1. The van der Waals surface area contributed by atoms with Crippen molar-refractivity contribution in [3.63, 3.8) is 0 Å². The standard InChI is InChI=1S/C36H52O2/c1-2-3-4-5-6-7-10-18-32(26-25-31-19-11-8-12-20-31)21-17-22-33(29-35(37)38)30-36(27-15-16-28-36)34-23-13-9-14-24-34/h7-14,19-20,23-24,32-33H,2-6,15-18,21-22,25-30H2,1H3,(H,37,38). The molecule has 0 aromatic heterocycles. The van der Waals surface area contributed by atoms with Crippen molar-refractivity contribution in [1.29, 1.82) is 0 Å². The molecule has 38 heavy (non-hydrogen) atoms. The number of hydrogen-bond donors (Lipinski definition) is 1. The number of hydrogen-bond acceptors (Lipinski definition) is 1. The highest BCUT2D eigenvalue weighted by molar-refractivity contribution is 5.67. The van der Waals surface area contributed by atoms with Crippen LogP contribution < -0.4 is 0 Å². The topological polar surface area (TPSA) is 37.3 Å². The molecule has 0 amide bonds. The smallest absolute Gasteiger partial charge is 0.303 e. The van der Waals surface area contributed by atoms with Crippen LogP contribution in [0.15, 0.2) is 72.8 Å². The molecule has 208 valence electrons. The molecular formula is C36H52O2. The summed E-state index contributed by atoms with van der Waals surface area (Å²) in [4.78, 5) is 11.8. The lowest BCUT2D eigenvalue weighted by Crippen LogP contribution is -2.27. The van der Waals surface area contributed by atoms with Crippen LogP contribution in [0.5, 0.6) is 0 Å². The molecule has 0 bridgehead atoms. The van der Waals surface area contributed by atoms with Gasteiger partial charge < -0.3 is 5.11 Å². The van der Waals surface area contributed by atoms with E-state index in [2.05, 4.69) is 79.7 Å². The monoisotopic (exact) mass is 516 g/mol. The fraction of sp³-hybridized carbons (Fsp3) is 0.583. The van der Waals surface area contributed by atoms with Gasteiger partial charge >= 0.3 is 5.97 Å². The third-order valence-electron chi connectivity index (χ3n) is 8.86. The van der Waals surface area contributed by atoms with Crippen molar-refractivity contribution in [2.24, 2.45) is 11.8 Å². The summed E-state index contributed by atoms with van der Waals surface area (Å²) >= 11 is 0. The number of rotatable bonds is 19. The Labute approximate surface area is 233 Å². The molecule has 1 aliphatic carbocycles. The average Bonchev–Trinajstić information content (AvgIpc) is 3.41. The molecule has 2 nitrogen and oxygen atoms in total. The summed E-state index contributed by atoms with van der Waals surface area (Å²) in [6.07, 6.45) is 24.4. The molecule has 0 heterocycles. The van der Waals surface area contributed by atoms with Crippen LogP contribution in [-0.4, -0.2) is 11.1 Å². The van der Waals surface area contributed by atoms with Crippen molar-refractivity contribution in [1.82, 2.24) is 0 Å². The van der Waals surface area contributed by atoms with Gasteiger partial charge in [0, 0.05) is 6.42 Å². The molecule has 1 aliphatic rings. The fourth-order valence-corrected chi connectivity index (χ4v) is 6.72. The molecule has 0 saturated heterocycles. The van der Waals surface area contributed by atoms with Gasteiger partial charge in [0.1, 0.15) is 0 Å². The molecular weight excluding hydrogens is 464 g/mol. The summed E-state index contributed by atoms with van der Waals surface area (Å²) in [7, 11) is 0. The highest BCUT2D eigenvalue weighted by Crippen LogP contribution is 2.47. The summed E-state index contributed by atoms with van der Waals surface area (Å²) < 4.78 is 0. The summed E-state index contributed by atoms with van der Waals surface area (Å²) in [5.74, 6) is 0.291. The van der Waals surface area contributed by atoms with E-state index in [0.717, 1.165) is 32.1 Å². The first-order chi connectivity index (χ1) is 18.6. The number of unbranched alkanes of at least 4 members (excludes halogenated alkanes) is 4. The molecule has 0 spiro atoms. The van der Waals surface area contributed by atoms with Gasteiger partial charge in [-0.1, -0.05) is 125 Å². The van der Waals surface area contributed by atoms with Crippen LogP contribution in [0.1, 0.15) is 121 Å². The minimum Gasteiger partial charge on any atom is -0.481 e. The summed E-state index contributed by atoms with van der Waals surface area (Å²) in [6.45, 7) is 2.27. The van der Waals surface area contributed by atoms with E-state index in [4.69, 9.17) is 0 Å². The van der Waals surface area contributed by atoms with Crippen LogP contribution in [0.2, 0.25) is 0 Å². The van der Waals surface area contributed by atoms with Crippen LogP contribution in [0.3, 0.4) is 0 Å². The molecule has 0 aliphatic heterocycles. The van der Waals surface area contributed by atoms with Gasteiger partial charge in [0.25, 0.3) is 0 Å². The van der Waals surface area contributed by atoms with Crippen molar-refractivity contribution in [3.8, 4) is 0 Å². The molecule has 1 N–H and O–H groups in total. The zero-order valence-corrected chi connectivity index (χ0v) is 24.0. The van der Waals surface area contributed by atoms with E-state index in [-0.39, 0.29) is 11.3 Å². The SMILES string of the molecule is CCCCCCC=CCC(CCCC(CC(=O)O)CC1(c2ccccc2)CCCC1)CCc1ccccc1. The molecule has 3 rings (SSSR count). The van der Waals surface area contributed by atoms with Gasteiger partial charge in [0.05, 0.1) is 0 Å². The predicted molar refractivity (Wildman–Crippen MR) is 162 cm³/mol. The van der Waals surface area contributed by atoms with Crippen LogP contribution in [-0.2, 0) is 16.6 Å². The largest absolute Gasteiger partial charge is 0.481 e. The summed E-state index contributed by atoms with van der Waals surface area (Å²) in [5, 5.41) is 9.74. The van der Waals surface area contributed by atoms with Crippen LogP contribution >= 0.6 is 0 Å². The van der Waals surface area contributed by atoms with Crippen LogP contribution in [0, 0.1) is 11.8 Å². The zero-order valence-electron chi connectivity index (χ0n) is 24.0. The highest BCUT2D eigenvalue weighted by atomic mass is 16.4. The fourth-order valence-electron chi connectivity index (χ4n) is 6.72. The molecule has 2 atom stereocenters. The predicted octanol–water partition coefficient (Wildman–Crippen LogP) is 10.3. The Balaban J connectivity index is 1.57. The lowest BCUT2D eigenvalue weighted by Gasteiger charge is -2.34. The van der Waals surface area contributed by atoms with Gasteiger partial charge in [-0.2, -0.15) is 0 Å². The van der Waals surface area contributed by atoms with Gasteiger partial charge in [-0.25, -0.2) is 0 Å². The second-order valence-electron chi connectivity index (χ2n) is 11.9. The van der Waals surface area contributed by atoms with Gasteiger partial charge in [0.15, 0.2) is 0 Å². The Bertz CT molecular complexity index is 911. The minimum atomic E-state index is -0.636. The zero-order chi connectivity index (χ0) is 26.9. The second kappa shape index (κ2) is 17.3. The molecule has 2 unspecified atom stereocenters. The number of carboxylic acids is 1. The molecule has 0 radical (unpaired) electrons. The first-order valence-electron chi connectivity index (χ1n) is 15.6. The third kappa shape index (κ3) is 10.8. The number of carbonyl (C=O) groups is 1. The van der Waals surface area contributed by atoms with Crippen molar-refractivity contribution in [2.75, 3.05) is 0 Å². The third-order valence-corrected chi connectivity index (χ3v) is 8.86. The minimum absolute atomic E-state index is 0.175. The summed E-state index contributed by atoms with van der Waals surface area (Å²) in [6, 6.07) is 21.8. The number of allylic oxidation sites excluding steroid dienone is 2. The van der Waals surface area contributed by atoms with Crippen LogP contribution in [0.25, 0.3) is 0 Å². The van der Waals surface area contributed by atoms with E-state index in [9.17, 15) is 9.90 Å². The van der Waals surface area contributed by atoms with Crippen molar-refractivity contribution in [2.45, 2.75) is 121 Å². The normalized spacial score (nSPS) is 16.6. The lowest BCUT2D eigenvalue weighted by molar-refractivity contribution is -0.138. The van der Waals surface area contributed by atoms with Crippen LogP contribution in [0.4, 0.5) is 0 Å². The Morgan fingerprint density at radius 2 is 1.53 bits per heavy atom. The maximum Gasteiger partial charge on any atom is 0.303 e. The second-order valence-corrected chi connectivity index (χ2v) is 11.9. The van der Waals surface area contributed by atoms with Gasteiger partial charge in [0.2, 0.25) is 0 Å². The van der Waals surface area contributed by atoms with Crippen molar-refractivity contribution >= 4 is 5.97 Å². The molecule has 2 aromatic rings. The number of aryl methyl sites for hydroxylation is 1. The summed E-state index contributed by atoms with van der Waals surface area (Å²) in [5.41, 5.74) is 3.03. The maximum absolute atomic E-state index is 11.8. The van der Waals surface area contributed by atoms with E-state index in [0.29, 0.717) is 12.3 Å². The maximum atomic E-state index is 11.8. The van der Waals surface area contributed by atoms with Crippen molar-refractivity contribution in [3.05, 3.63) is 83.9 Å². The van der Waals surface area contributed by atoms with E-state index >= 15 is 0 Å².